The van der Waals surface area contributed by atoms with Crippen molar-refractivity contribution in [2.75, 3.05) is 0 Å². The summed E-state index contributed by atoms with van der Waals surface area (Å²) in [7, 11) is 0. The highest BCUT2D eigenvalue weighted by atomic mass is 79.9. The molecule has 0 heterocycles. The summed E-state index contributed by atoms with van der Waals surface area (Å²) < 4.78 is 1.18. The first-order valence-electron chi connectivity index (χ1n) is 8.76. The van der Waals surface area contributed by atoms with Gasteiger partial charge >= 0.3 is 0 Å². The highest BCUT2D eigenvalue weighted by molar-refractivity contribution is 9.10. The summed E-state index contributed by atoms with van der Waals surface area (Å²) in [6.45, 7) is 2.32. The van der Waals surface area contributed by atoms with Gasteiger partial charge in [-0.3, -0.25) is 0 Å². The fourth-order valence-electron chi connectivity index (χ4n) is 4.12. The maximum absolute atomic E-state index is 3.92. The zero-order valence-corrected chi connectivity index (χ0v) is 14.7. The van der Waals surface area contributed by atoms with Gasteiger partial charge in [0.2, 0.25) is 0 Å². The second kappa shape index (κ2) is 7.28. The van der Waals surface area contributed by atoms with Crippen LogP contribution < -0.4 is 5.32 Å². The molecule has 0 aromatic heterocycles. The first-order chi connectivity index (χ1) is 10.2. The second-order valence-corrected chi connectivity index (χ2v) is 8.01. The predicted octanol–water partition coefficient (Wildman–Crippen LogP) is 5.64. The standard InChI is InChI=1S/C19H28BrN/c1-2-3-14-4-10-18(11-5-14)21-19-12-16(13-19)15-6-8-17(20)9-7-15/h6-9,14,16,18-19,21H,2-5,10-13H2,1H3. The number of hydrogen-bond acceptors (Lipinski definition) is 1. The third-order valence-electron chi connectivity index (χ3n) is 5.49. The van der Waals surface area contributed by atoms with Crippen molar-refractivity contribution < 1.29 is 0 Å². The molecule has 1 nitrogen and oxygen atoms in total. The molecule has 2 aliphatic carbocycles. The quantitative estimate of drug-likeness (QED) is 0.724. The fourth-order valence-corrected chi connectivity index (χ4v) is 4.38. The van der Waals surface area contributed by atoms with Crippen LogP contribution in [0.1, 0.15) is 69.8 Å². The normalized spacial score (nSPS) is 32.7. The average Bonchev–Trinajstić information content (AvgIpc) is 2.46. The van der Waals surface area contributed by atoms with Crippen LogP contribution in [0.3, 0.4) is 0 Å². The molecule has 0 aliphatic heterocycles. The minimum Gasteiger partial charge on any atom is -0.311 e. The SMILES string of the molecule is CCCC1CCC(NC2CC(c3ccc(Br)cc3)C2)CC1. The topological polar surface area (TPSA) is 12.0 Å². The number of nitrogens with one attached hydrogen (secondary N) is 1. The molecule has 1 aromatic rings. The Morgan fingerprint density at radius 3 is 2.29 bits per heavy atom. The lowest BCUT2D eigenvalue weighted by Crippen LogP contribution is -2.46. The van der Waals surface area contributed by atoms with E-state index in [1.807, 2.05) is 0 Å². The van der Waals surface area contributed by atoms with Crippen LogP contribution in [0.4, 0.5) is 0 Å². The zero-order valence-electron chi connectivity index (χ0n) is 13.2. The van der Waals surface area contributed by atoms with E-state index in [2.05, 4.69) is 52.4 Å². The Labute approximate surface area is 138 Å². The smallest absolute Gasteiger partial charge is 0.0175 e. The van der Waals surface area contributed by atoms with Gasteiger partial charge in [0, 0.05) is 16.6 Å². The largest absolute Gasteiger partial charge is 0.311 e. The number of rotatable bonds is 5. The van der Waals surface area contributed by atoms with Gasteiger partial charge in [0.1, 0.15) is 0 Å². The van der Waals surface area contributed by atoms with Gasteiger partial charge in [-0.25, -0.2) is 0 Å². The molecule has 0 amide bonds. The van der Waals surface area contributed by atoms with Crippen molar-refractivity contribution in [3.63, 3.8) is 0 Å². The minimum atomic E-state index is 0.770. The van der Waals surface area contributed by atoms with Crippen molar-refractivity contribution in [3.8, 4) is 0 Å². The number of hydrogen-bond donors (Lipinski definition) is 1. The van der Waals surface area contributed by atoms with Crippen LogP contribution in [-0.4, -0.2) is 12.1 Å². The van der Waals surface area contributed by atoms with E-state index in [1.54, 1.807) is 0 Å². The van der Waals surface area contributed by atoms with Gasteiger partial charge in [0.25, 0.3) is 0 Å². The van der Waals surface area contributed by atoms with Crippen molar-refractivity contribution in [3.05, 3.63) is 34.3 Å². The molecule has 0 radical (unpaired) electrons. The van der Waals surface area contributed by atoms with E-state index in [9.17, 15) is 0 Å². The fraction of sp³-hybridized carbons (Fsp3) is 0.684. The van der Waals surface area contributed by atoms with Crippen LogP contribution in [0, 0.1) is 5.92 Å². The molecule has 0 bridgehead atoms. The van der Waals surface area contributed by atoms with Crippen molar-refractivity contribution >= 4 is 15.9 Å². The first kappa shape index (κ1) is 15.6. The molecule has 21 heavy (non-hydrogen) atoms. The van der Waals surface area contributed by atoms with Gasteiger partial charge < -0.3 is 5.32 Å². The molecule has 1 N–H and O–H groups in total. The van der Waals surface area contributed by atoms with E-state index in [-0.39, 0.29) is 0 Å². The van der Waals surface area contributed by atoms with E-state index in [0.29, 0.717) is 0 Å². The second-order valence-electron chi connectivity index (χ2n) is 7.09. The van der Waals surface area contributed by atoms with Crippen molar-refractivity contribution in [2.45, 2.75) is 76.3 Å². The Balaban J connectivity index is 1.38. The van der Waals surface area contributed by atoms with Gasteiger partial charge in [-0.15, -0.1) is 0 Å². The Morgan fingerprint density at radius 2 is 1.67 bits per heavy atom. The molecule has 0 spiro atoms. The summed E-state index contributed by atoms with van der Waals surface area (Å²) in [6, 6.07) is 10.5. The van der Waals surface area contributed by atoms with Gasteiger partial charge in [-0.1, -0.05) is 47.8 Å². The van der Waals surface area contributed by atoms with Gasteiger partial charge in [-0.2, -0.15) is 0 Å². The third-order valence-corrected chi connectivity index (χ3v) is 6.02. The molecule has 2 saturated carbocycles. The molecule has 0 atom stereocenters. The average molecular weight is 350 g/mol. The molecule has 116 valence electrons. The Morgan fingerprint density at radius 1 is 1.00 bits per heavy atom. The van der Waals surface area contributed by atoms with Crippen molar-refractivity contribution in [1.82, 2.24) is 5.32 Å². The van der Waals surface area contributed by atoms with Crippen molar-refractivity contribution in [1.29, 1.82) is 0 Å². The molecular formula is C19H28BrN. The summed E-state index contributed by atoms with van der Waals surface area (Å²) in [5, 5.41) is 3.92. The lowest BCUT2D eigenvalue weighted by Gasteiger charge is -2.40. The monoisotopic (exact) mass is 349 g/mol. The lowest BCUT2D eigenvalue weighted by atomic mass is 9.75. The zero-order chi connectivity index (χ0) is 14.7. The molecule has 1 aromatic carbocycles. The Hall–Kier alpha value is -0.340. The molecular weight excluding hydrogens is 322 g/mol. The van der Waals surface area contributed by atoms with Crippen LogP contribution in [0.15, 0.2) is 28.7 Å². The molecule has 2 heteroatoms. The molecule has 0 unspecified atom stereocenters. The van der Waals surface area contributed by atoms with E-state index < -0.39 is 0 Å². The van der Waals surface area contributed by atoms with E-state index in [4.69, 9.17) is 0 Å². The first-order valence-corrected chi connectivity index (χ1v) is 9.55. The summed E-state index contributed by atoms with van der Waals surface area (Å²) in [5.41, 5.74) is 1.52. The van der Waals surface area contributed by atoms with E-state index in [1.165, 1.54) is 61.4 Å². The van der Waals surface area contributed by atoms with Crippen LogP contribution in [0.25, 0.3) is 0 Å². The van der Waals surface area contributed by atoms with Gasteiger partial charge in [-0.05, 0) is 68.1 Å². The van der Waals surface area contributed by atoms with Crippen LogP contribution >= 0.6 is 15.9 Å². The maximum Gasteiger partial charge on any atom is 0.0175 e. The summed E-state index contributed by atoms with van der Waals surface area (Å²) >= 11 is 3.52. The van der Waals surface area contributed by atoms with E-state index >= 15 is 0 Å². The summed E-state index contributed by atoms with van der Waals surface area (Å²) in [4.78, 5) is 0. The van der Waals surface area contributed by atoms with E-state index in [0.717, 1.165) is 23.9 Å². The predicted molar refractivity (Wildman–Crippen MR) is 93.7 cm³/mol. The number of benzene rings is 1. The maximum atomic E-state index is 3.92. The molecule has 3 rings (SSSR count). The molecule has 0 saturated heterocycles. The highest BCUT2D eigenvalue weighted by Crippen LogP contribution is 2.38. The van der Waals surface area contributed by atoms with Gasteiger partial charge in [0.15, 0.2) is 0 Å². The summed E-state index contributed by atoms with van der Waals surface area (Å²) in [5.74, 6) is 1.80. The van der Waals surface area contributed by atoms with Crippen LogP contribution in [0.5, 0.6) is 0 Å². The lowest BCUT2D eigenvalue weighted by molar-refractivity contribution is 0.212. The van der Waals surface area contributed by atoms with Crippen LogP contribution in [-0.2, 0) is 0 Å². The van der Waals surface area contributed by atoms with Crippen LogP contribution in [0.2, 0.25) is 0 Å². The van der Waals surface area contributed by atoms with Gasteiger partial charge in [0.05, 0.1) is 0 Å². The number of halogens is 1. The Bertz CT molecular complexity index is 427. The minimum absolute atomic E-state index is 0.770. The van der Waals surface area contributed by atoms with Crippen molar-refractivity contribution in [2.24, 2.45) is 5.92 Å². The molecule has 2 aliphatic rings. The molecule has 2 fully saturated rings. The third kappa shape index (κ3) is 4.10. The highest BCUT2D eigenvalue weighted by Gasteiger charge is 2.32. The Kier molecular flexibility index (Phi) is 5.39. The summed E-state index contributed by atoms with van der Waals surface area (Å²) in [6.07, 6.45) is 11.2.